The molecule has 0 aromatic carbocycles. The van der Waals surface area contributed by atoms with Crippen LogP contribution in [0, 0.1) is 6.92 Å². The number of thiophene rings is 1. The second kappa shape index (κ2) is 5.46. The van der Waals surface area contributed by atoms with Crippen LogP contribution in [0.2, 0.25) is 0 Å². The highest BCUT2D eigenvalue weighted by Crippen LogP contribution is 2.19. The molecule has 0 amide bonds. The number of hydrogen-bond donors (Lipinski definition) is 0. The molecular formula is C14H15N3OS2. The summed E-state index contributed by atoms with van der Waals surface area (Å²) in [5.41, 5.74) is 2.85. The Morgan fingerprint density at radius 2 is 2.15 bits per heavy atom. The van der Waals surface area contributed by atoms with Crippen molar-refractivity contribution in [3.63, 3.8) is 0 Å². The fraction of sp³-hybridized carbons (Fsp3) is 0.357. The molecule has 20 heavy (non-hydrogen) atoms. The smallest absolute Gasteiger partial charge is 0.271 e. The number of thiazole rings is 1. The third-order valence-electron chi connectivity index (χ3n) is 3.12. The summed E-state index contributed by atoms with van der Waals surface area (Å²) in [4.78, 5) is 21.3. The summed E-state index contributed by atoms with van der Waals surface area (Å²) >= 11 is 3.13. The lowest BCUT2D eigenvalue weighted by atomic mass is 10.3. The van der Waals surface area contributed by atoms with E-state index in [9.17, 15) is 4.79 Å². The number of hydrogen-bond acceptors (Lipinski definition) is 5. The van der Waals surface area contributed by atoms with Crippen LogP contribution in [0.25, 0.3) is 10.2 Å². The lowest BCUT2D eigenvalue weighted by Crippen LogP contribution is -2.20. The quantitative estimate of drug-likeness (QED) is 0.743. The Hall–Kier alpha value is -1.53. The van der Waals surface area contributed by atoms with Gasteiger partial charge in [0, 0.05) is 5.38 Å². The van der Waals surface area contributed by atoms with Gasteiger partial charge in [0.05, 0.1) is 29.1 Å². The molecule has 3 heterocycles. The Kier molecular flexibility index (Phi) is 3.67. The Morgan fingerprint density at radius 1 is 1.30 bits per heavy atom. The average molecular weight is 305 g/mol. The highest BCUT2D eigenvalue weighted by Gasteiger charge is 2.10. The standard InChI is InChI=1S/C14H15N3OS2/c1-3-4-11-16-10(7-19-11)5-17-8-15-12-9(2)6-20-13(12)14(17)18/h6-8H,3-5H2,1-2H3. The molecule has 0 aliphatic rings. The molecule has 0 radical (unpaired) electrons. The summed E-state index contributed by atoms with van der Waals surface area (Å²) in [6.45, 7) is 4.62. The molecule has 0 unspecified atom stereocenters. The highest BCUT2D eigenvalue weighted by molar-refractivity contribution is 7.17. The van der Waals surface area contributed by atoms with Gasteiger partial charge in [0.15, 0.2) is 0 Å². The van der Waals surface area contributed by atoms with Gasteiger partial charge in [-0.05, 0) is 30.7 Å². The second-order valence-corrected chi connectivity index (χ2v) is 6.58. The van der Waals surface area contributed by atoms with E-state index in [-0.39, 0.29) is 5.56 Å². The third kappa shape index (κ3) is 2.41. The lowest BCUT2D eigenvalue weighted by Gasteiger charge is -2.02. The van der Waals surface area contributed by atoms with Gasteiger partial charge in [-0.25, -0.2) is 9.97 Å². The van der Waals surface area contributed by atoms with E-state index in [1.165, 1.54) is 11.3 Å². The Morgan fingerprint density at radius 3 is 2.95 bits per heavy atom. The van der Waals surface area contributed by atoms with Crippen molar-refractivity contribution in [2.75, 3.05) is 0 Å². The van der Waals surface area contributed by atoms with Crippen LogP contribution in [0.1, 0.15) is 29.6 Å². The summed E-state index contributed by atoms with van der Waals surface area (Å²) in [6, 6.07) is 0. The van der Waals surface area contributed by atoms with Crippen molar-refractivity contribution in [2.45, 2.75) is 33.2 Å². The van der Waals surface area contributed by atoms with Crippen molar-refractivity contribution in [1.29, 1.82) is 0 Å². The van der Waals surface area contributed by atoms with Gasteiger partial charge in [0.2, 0.25) is 0 Å². The fourth-order valence-electron chi connectivity index (χ4n) is 2.10. The first-order chi connectivity index (χ1) is 9.69. The predicted molar refractivity (Wildman–Crippen MR) is 83.8 cm³/mol. The average Bonchev–Trinajstić information content (AvgIpc) is 3.02. The first-order valence-corrected chi connectivity index (χ1v) is 8.31. The van der Waals surface area contributed by atoms with Crippen LogP contribution in [0.5, 0.6) is 0 Å². The number of fused-ring (bicyclic) bond motifs is 1. The first kappa shape index (κ1) is 13.5. The van der Waals surface area contributed by atoms with Gasteiger partial charge in [-0.1, -0.05) is 6.92 Å². The minimum Gasteiger partial charge on any atom is -0.292 e. The van der Waals surface area contributed by atoms with Crippen molar-refractivity contribution < 1.29 is 0 Å². The zero-order valence-electron chi connectivity index (χ0n) is 11.4. The third-order valence-corrected chi connectivity index (χ3v) is 5.15. The number of aromatic nitrogens is 3. The minimum absolute atomic E-state index is 0.0261. The lowest BCUT2D eigenvalue weighted by molar-refractivity contribution is 0.730. The van der Waals surface area contributed by atoms with Gasteiger partial charge in [0.25, 0.3) is 5.56 Å². The van der Waals surface area contributed by atoms with Crippen molar-refractivity contribution in [2.24, 2.45) is 0 Å². The molecule has 0 aliphatic heterocycles. The molecule has 0 spiro atoms. The van der Waals surface area contributed by atoms with Gasteiger partial charge in [0.1, 0.15) is 4.70 Å². The van der Waals surface area contributed by atoms with Crippen LogP contribution in [-0.4, -0.2) is 14.5 Å². The van der Waals surface area contributed by atoms with E-state index in [0.29, 0.717) is 6.54 Å². The van der Waals surface area contributed by atoms with Crippen LogP contribution < -0.4 is 5.56 Å². The van der Waals surface area contributed by atoms with Gasteiger partial charge in [-0.3, -0.25) is 9.36 Å². The molecule has 6 heteroatoms. The van der Waals surface area contributed by atoms with E-state index < -0.39 is 0 Å². The predicted octanol–water partition coefficient (Wildman–Crippen LogP) is 3.22. The maximum atomic E-state index is 12.4. The van der Waals surface area contributed by atoms with Gasteiger partial charge in [-0.15, -0.1) is 22.7 Å². The van der Waals surface area contributed by atoms with Crippen LogP contribution in [0.4, 0.5) is 0 Å². The molecule has 3 aromatic heterocycles. The molecule has 0 saturated carbocycles. The topological polar surface area (TPSA) is 47.8 Å². The maximum Gasteiger partial charge on any atom is 0.271 e. The minimum atomic E-state index is 0.0261. The van der Waals surface area contributed by atoms with Crippen molar-refractivity contribution in [1.82, 2.24) is 14.5 Å². The normalized spacial score (nSPS) is 11.3. The monoisotopic (exact) mass is 305 g/mol. The van der Waals surface area contributed by atoms with Gasteiger partial charge < -0.3 is 0 Å². The molecule has 104 valence electrons. The first-order valence-electron chi connectivity index (χ1n) is 6.55. The molecular weight excluding hydrogens is 290 g/mol. The van der Waals surface area contributed by atoms with Crippen LogP contribution >= 0.6 is 22.7 Å². The van der Waals surface area contributed by atoms with E-state index in [4.69, 9.17) is 0 Å². The highest BCUT2D eigenvalue weighted by atomic mass is 32.1. The molecule has 0 atom stereocenters. The zero-order valence-corrected chi connectivity index (χ0v) is 13.1. The number of nitrogens with zero attached hydrogens (tertiary/aromatic N) is 3. The van der Waals surface area contributed by atoms with Crippen molar-refractivity contribution in [3.05, 3.63) is 43.7 Å². The van der Waals surface area contributed by atoms with Gasteiger partial charge in [-0.2, -0.15) is 0 Å². The van der Waals surface area contributed by atoms with Crippen molar-refractivity contribution in [3.8, 4) is 0 Å². The molecule has 4 nitrogen and oxygen atoms in total. The van der Waals surface area contributed by atoms with Crippen LogP contribution in [-0.2, 0) is 13.0 Å². The van der Waals surface area contributed by atoms with E-state index in [2.05, 4.69) is 16.9 Å². The zero-order chi connectivity index (χ0) is 14.1. The molecule has 0 aliphatic carbocycles. The maximum absolute atomic E-state index is 12.4. The van der Waals surface area contributed by atoms with Crippen LogP contribution in [0.15, 0.2) is 21.9 Å². The van der Waals surface area contributed by atoms with Gasteiger partial charge >= 0.3 is 0 Å². The van der Waals surface area contributed by atoms with E-state index in [1.54, 1.807) is 22.2 Å². The summed E-state index contributed by atoms with van der Waals surface area (Å²) in [7, 11) is 0. The summed E-state index contributed by atoms with van der Waals surface area (Å²) < 4.78 is 2.37. The van der Waals surface area contributed by atoms with E-state index in [1.807, 2.05) is 17.7 Å². The summed E-state index contributed by atoms with van der Waals surface area (Å²) in [5.74, 6) is 0. The Labute approximate surface area is 124 Å². The number of aryl methyl sites for hydroxylation is 2. The van der Waals surface area contributed by atoms with E-state index in [0.717, 1.165) is 39.3 Å². The summed E-state index contributed by atoms with van der Waals surface area (Å²) in [6.07, 6.45) is 3.72. The van der Waals surface area contributed by atoms with E-state index >= 15 is 0 Å². The van der Waals surface area contributed by atoms with Crippen molar-refractivity contribution >= 4 is 32.9 Å². The number of rotatable bonds is 4. The molecule has 3 rings (SSSR count). The Balaban J connectivity index is 1.94. The molecule has 0 bridgehead atoms. The summed E-state index contributed by atoms with van der Waals surface area (Å²) in [5, 5.41) is 5.14. The molecule has 0 saturated heterocycles. The largest absolute Gasteiger partial charge is 0.292 e. The molecule has 0 fully saturated rings. The van der Waals surface area contributed by atoms with Crippen LogP contribution in [0.3, 0.4) is 0 Å². The fourth-order valence-corrected chi connectivity index (χ4v) is 3.94. The molecule has 3 aromatic rings. The molecule has 0 N–H and O–H groups in total. The Bertz CT molecular complexity index is 800. The SMILES string of the molecule is CCCc1nc(Cn2cnc3c(C)csc3c2=O)cs1. The second-order valence-electron chi connectivity index (χ2n) is 4.76.